The van der Waals surface area contributed by atoms with Crippen LogP contribution in [0.25, 0.3) is 11.4 Å². The number of rotatable bonds is 4. The molecule has 0 spiro atoms. The zero-order valence-corrected chi connectivity index (χ0v) is 17.6. The summed E-state index contributed by atoms with van der Waals surface area (Å²) in [5.41, 5.74) is 0.822. The van der Waals surface area contributed by atoms with E-state index in [4.69, 9.17) is 18.9 Å². The van der Waals surface area contributed by atoms with Gasteiger partial charge in [0.2, 0.25) is 6.79 Å². The van der Waals surface area contributed by atoms with E-state index in [9.17, 15) is 4.79 Å². The van der Waals surface area contributed by atoms with Gasteiger partial charge < -0.3 is 29.6 Å². The first-order chi connectivity index (χ1) is 15.8. The van der Waals surface area contributed by atoms with E-state index in [1.54, 1.807) is 4.68 Å². The van der Waals surface area contributed by atoms with Gasteiger partial charge in [-0.25, -0.2) is 9.48 Å². The summed E-state index contributed by atoms with van der Waals surface area (Å²) >= 11 is 0. The number of ether oxygens (including phenoxy) is 4. The number of hydrogen-bond acceptors (Lipinski definition) is 8. The molecule has 2 amide bonds. The van der Waals surface area contributed by atoms with Gasteiger partial charge in [0.1, 0.15) is 18.2 Å². The van der Waals surface area contributed by atoms with Crippen molar-refractivity contribution in [1.29, 1.82) is 0 Å². The van der Waals surface area contributed by atoms with Crippen LogP contribution in [0.4, 0.5) is 4.79 Å². The quantitative estimate of drug-likeness (QED) is 0.729. The highest BCUT2D eigenvalue weighted by Gasteiger charge is 2.50. The van der Waals surface area contributed by atoms with E-state index in [2.05, 4.69) is 26.2 Å². The van der Waals surface area contributed by atoms with Crippen molar-refractivity contribution in [2.24, 2.45) is 0 Å². The number of fused-ring (bicyclic) bond motifs is 2. The van der Waals surface area contributed by atoms with Gasteiger partial charge in [0.15, 0.2) is 17.3 Å². The Morgan fingerprint density at radius 3 is 2.75 bits per heavy atom. The lowest BCUT2D eigenvalue weighted by Crippen LogP contribution is -2.50. The molecule has 3 aliphatic heterocycles. The molecule has 1 saturated carbocycles. The molecule has 11 nitrogen and oxygen atoms in total. The number of nitrogens with one attached hydrogen (secondary N) is 2. The molecule has 1 aliphatic carbocycles. The molecule has 0 bridgehead atoms. The highest BCUT2D eigenvalue weighted by molar-refractivity contribution is 5.74. The van der Waals surface area contributed by atoms with Crippen LogP contribution in [0.2, 0.25) is 0 Å². The average molecular weight is 442 g/mol. The number of aromatic nitrogens is 4. The number of carbonyl (C=O) groups excluding carboxylic acids is 1. The molecule has 1 aromatic carbocycles. The summed E-state index contributed by atoms with van der Waals surface area (Å²) in [6.45, 7) is 1.01. The first-order valence-electron chi connectivity index (χ1n) is 11.2. The van der Waals surface area contributed by atoms with Crippen LogP contribution in [0.15, 0.2) is 18.2 Å². The standard InChI is InChI=1S/C21H26N6O5/c28-21(22-13-4-2-1-3-5-13)23-14-9-29-19-15(10-30-18(14)19)27-20(24-25-26-27)12-6-7-16-17(8-12)32-11-31-16/h6-8,13-15,18-19H,1-5,9-11H2,(H2,22,23,28). The van der Waals surface area contributed by atoms with Crippen LogP contribution in [0.5, 0.6) is 11.5 Å². The maximum absolute atomic E-state index is 12.5. The van der Waals surface area contributed by atoms with Crippen LogP contribution in [0.3, 0.4) is 0 Å². The highest BCUT2D eigenvalue weighted by atomic mass is 16.7. The van der Waals surface area contributed by atoms with E-state index in [0.717, 1.165) is 18.4 Å². The monoisotopic (exact) mass is 442 g/mol. The van der Waals surface area contributed by atoms with E-state index in [-0.39, 0.29) is 43.2 Å². The minimum atomic E-state index is -0.245. The number of tetrazole rings is 1. The van der Waals surface area contributed by atoms with Crippen LogP contribution in [0, 0.1) is 0 Å². The fraction of sp³-hybridized carbons (Fsp3) is 0.619. The molecular weight excluding hydrogens is 416 g/mol. The maximum Gasteiger partial charge on any atom is 0.315 e. The van der Waals surface area contributed by atoms with Gasteiger partial charge in [0.25, 0.3) is 0 Å². The summed E-state index contributed by atoms with van der Waals surface area (Å²) in [7, 11) is 0. The van der Waals surface area contributed by atoms with Crippen LogP contribution in [0.1, 0.15) is 38.1 Å². The van der Waals surface area contributed by atoms with Gasteiger partial charge in [-0.3, -0.25) is 0 Å². The van der Waals surface area contributed by atoms with Crippen LogP contribution in [-0.2, 0) is 9.47 Å². The summed E-state index contributed by atoms with van der Waals surface area (Å²) < 4.78 is 24.7. The third-order valence-corrected chi connectivity index (χ3v) is 6.72. The fourth-order valence-electron chi connectivity index (χ4n) is 5.10. The first kappa shape index (κ1) is 19.7. The van der Waals surface area contributed by atoms with E-state index in [1.807, 2.05) is 18.2 Å². The third-order valence-electron chi connectivity index (χ3n) is 6.72. The molecule has 4 heterocycles. The van der Waals surface area contributed by atoms with E-state index in [0.29, 0.717) is 30.5 Å². The second kappa shape index (κ2) is 8.21. The number of amides is 2. The predicted octanol–water partition coefficient (Wildman–Crippen LogP) is 1.41. The molecule has 6 rings (SSSR count). The second-order valence-electron chi connectivity index (χ2n) is 8.74. The lowest BCUT2D eigenvalue weighted by molar-refractivity contribution is 0.0624. The summed E-state index contributed by atoms with van der Waals surface area (Å²) in [6, 6.07) is 5.32. The molecule has 32 heavy (non-hydrogen) atoms. The smallest absolute Gasteiger partial charge is 0.315 e. The van der Waals surface area contributed by atoms with Gasteiger partial charge in [-0.05, 0) is 41.5 Å². The van der Waals surface area contributed by atoms with Gasteiger partial charge >= 0.3 is 6.03 Å². The van der Waals surface area contributed by atoms with Crippen molar-refractivity contribution in [2.75, 3.05) is 20.0 Å². The molecule has 4 aliphatic rings. The zero-order valence-electron chi connectivity index (χ0n) is 17.6. The highest BCUT2D eigenvalue weighted by Crippen LogP contribution is 2.38. The molecule has 2 N–H and O–H groups in total. The Morgan fingerprint density at radius 2 is 1.84 bits per heavy atom. The molecule has 11 heteroatoms. The topological polar surface area (TPSA) is 122 Å². The number of urea groups is 1. The maximum atomic E-state index is 12.5. The van der Waals surface area contributed by atoms with Crippen molar-refractivity contribution in [2.45, 2.75) is 62.4 Å². The fourth-order valence-corrected chi connectivity index (χ4v) is 5.10. The van der Waals surface area contributed by atoms with E-state index >= 15 is 0 Å². The molecule has 2 saturated heterocycles. The van der Waals surface area contributed by atoms with Crippen molar-refractivity contribution in [1.82, 2.24) is 30.8 Å². The largest absolute Gasteiger partial charge is 0.454 e. The van der Waals surface area contributed by atoms with Crippen LogP contribution < -0.4 is 20.1 Å². The number of benzene rings is 1. The average Bonchev–Trinajstić information content (AvgIpc) is 3.59. The summed E-state index contributed by atoms with van der Waals surface area (Å²) in [5, 5.41) is 18.5. The SMILES string of the molecule is O=C(NC1CCCCC1)NC1COC2C1OCC2n1nnnc1-c1ccc2c(c1)OCO2. The molecule has 3 fully saturated rings. The Balaban J connectivity index is 1.14. The minimum absolute atomic E-state index is 0.151. The Labute approximate surface area is 184 Å². The molecule has 0 radical (unpaired) electrons. The third kappa shape index (κ3) is 3.55. The van der Waals surface area contributed by atoms with Gasteiger partial charge in [-0.1, -0.05) is 19.3 Å². The van der Waals surface area contributed by atoms with Crippen molar-refractivity contribution in [3.8, 4) is 22.9 Å². The molecule has 2 aromatic rings. The number of hydrogen-bond donors (Lipinski definition) is 2. The minimum Gasteiger partial charge on any atom is -0.454 e. The normalized spacial score (nSPS) is 29.1. The van der Waals surface area contributed by atoms with Gasteiger partial charge in [0, 0.05) is 11.6 Å². The number of carbonyl (C=O) groups is 1. The van der Waals surface area contributed by atoms with Crippen molar-refractivity contribution in [3.05, 3.63) is 18.2 Å². The Kier molecular flexibility index (Phi) is 5.07. The van der Waals surface area contributed by atoms with Gasteiger partial charge in [0.05, 0.1) is 19.3 Å². The Hall–Kier alpha value is -2.92. The van der Waals surface area contributed by atoms with Crippen molar-refractivity contribution < 1.29 is 23.7 Å². The summed E-state index contributed by atoms with van der Waals surface area (Å²) in [4.78, 5) is 12.5. The Morgan fingerprint density at radius 1 is 1.00 bits per heavy atom. The molecule has 4 atom stereocenters. The van der Waals surface area contributed by atoms with Crippen molar-refractivity contribution >= 4 is 6.03 Å². The molecular formula is C21H26N6O5. The van der Waals surface area contributed by atoms with Gasteiger partial charge in [-0.2, -0.15) is 0 Å². The zero-order chi connectivity index (χ0) is 21.5. The lowest BCUT2D eigenvalue weighted by atomic mass is 9.96. The number of nitrogens with zero attached hydrogens (tertiary/aromatic N) is 4. The van der Waals surface area contributed by atoms with Crippen molar-refractivity contribution in [3.63, 3.8) is 0 Å². The van der Waals surface area contributed by atoms with Crippen LogP contribution >= 0.6 is 0 Å². The first-order valence-corrected chi connectivity index (χ1v) is 11.2. The van der Waals surface area contributed by atoms with Gasteiger partial charge in [-0.15, -0.1) is 5.10 Å². The molecule has 1 aromatic heterocycles. The summed E-state index contributed by atoms with van der Waals surface area (Å²) in [6.07, 6.45) is 5.19. The second-order valence-corrected chi connectivity index (χ2v) is 8.74. The summed E-state index contributed by atoms with van der Waals surface area (Å²) in [5.74, 6) is 1.98. The lowest BCUT2D eigenvalue weighted by Gasteiger charge is -2.24. The van der Waals surface area contributed by atoms with Crippen LogP contribution in [-0.4, -0.2) is 70.5 Å². The predicted molar refractivity (Wildman–Crippen MR) is 110 cm³/mol. The van der Waals surface area contributed by atoms with E-state index < -0.39 is 0 Å². The molecule has 4 unspecified atom stereocenters. The molecule has 170 valence electrons. The Bertz CT molecular complexity index is 993. The van der Waals surface area contributed by atoms with E-state index in [1.165, 1.54) is 19.3 Å².